The first kappa shape index (κ1) is 27.2. The number of aliphatic hydroxyl groups is 1. The van der Waals surface area contributed by atoms with Gasteiger partial charge in [0.15, 0.2) is 0 Å². The summed E-state index contributed by atoms with van der Waals surface area (Å²) in [5, 5.41) is 11.8. The van der Waals surface area contributed by atoms with Crippen molar-refractivity contribution in [3.63, 3.8) is 0 Å². The maximum absolute atomic E-state index is 13.6. The van der Waals surface area contributed by atoms with Gasteiger partial charge >= 0.3 is 5.97 Å². The molecular weight excluding hydrogens is 591 g/mol. The summed E-state index contributed by atoms with van der Waals surface area (Å²) in [6.07, 6.45) is 0.301. The molecule has 0 bridgehead atoms. The van der Waals surface area contributed by atoms with Crippen molar-refractivity contribution in [1.29, 1.82) is 0 Å². The van der Waals surface area contributed by atoms with E-state index >= 15 is 0 Å². The lowest BCUT2D eigenvalue weighted by atomic mass is 9.90. The number of aliphatic hydroxyl groups excluding tert-OH is 1. The van der Waals surface area contributed by atoms with Crippen LogP contribution in [0.15, 0.2) is 66.2 Å². The van der Waals surface area contributed by atoms with Gasteiger partial charge in [0.1, 0.15) is 31.1 Å². The van der Waals surface area contributed by atoms with Crippen molar-refractivity contribution in [3.8, 4) is 0 Å². The maximum atomic E-state index is 13.6. The fourth-order valence-electron chi connectivity index (χ4n) is 4.45. The highest BCUT2D eigenvalue weighted by atomic mass is 127. The number of rotatable bonds is 9. The van der Waals surface area contributed by atoms with Crippen LogP contribution in [0.1, 0.15) is 22.3 Å². The topological polar surface area (TPSA) is 114 Å². The van der Waals surface area contributed by atoms with E-state index in [1.807, 2.05) is 42.5 Å². The number of likely N-dealkylation sites (N-methyl/N-ethyl adjacent to an activating group) is 1. The van der Waals surface area contributed by atoms with Crippen molar-refractivity contribution in [2.45, 2.75) is 37.2 Å². The van der Waals surface area contributed by atoms with Crippen molar-refractivity contribution >= 4 is 40.4 Å². The van der Waals surface area contributed by atoms with Gasteiger partial charge in [-0.25, -0.2) is 4.79 Å². The van der Waals surface area contributed by atoms with Gasteiger partial charge in [0.2, 0.25) is 11.8 Å². The van der Waals surface area contributed by atoms with Crippen molar-refractivity contribution < 1.29 is 33.7 Å². The molecule has 0 saturated carbocycles. The lowest BCUT2D eigenvalue weighted by molar-refractivity contribution is -0.137. The third-order valence-electron chi connectivity index (χ3n) is 6.40. The van der Waals surface area contributed by atoms with Gasteiger partial charge in [-0.1, -0.05) is 42.5 Å². The summed E-state index contributed by atoms with van der Waals surface area (Å²) in [5.74, 6) is -1.24. The van der Waals surface area contributed by atoms with Crippen LogP contribution in [-0.2, 0) is 30.2 Å². The predicted octanol–water partition coefficient (Wildman–Crippen LogP) is 2.07. The zero-order valence-electron chi connectivity index (χ0n) is 20.3. The molecule has 2 amide bonds. The Balaban J connectivity index is 1.53. The minimum Gasteiger partial charge on any atom is -0.455 e. The van der Waals surface area contributed by atoms with E-state index in [4.69, 9.17) is 19.3 Å². The fraction of sp³-hybridized carbons (Fsp3) is 0.370. The average molecular weight is 620 g/mol. The second-order valence-electron chi connectivity index (χ2n) is 8.84. The van der Waals surface area contributed by atoms with Gasteiger partial charge in [0.05, 0.1) is 12.2 Å². The second-order valence-corrected chi connectivity index (χ2v) is 10.00. The predicted molar refractivity (Wildman–Crippen MR) is 142 cm³/mol. The van der Waals surface area contributed by atoms with Gasteiger partial charge in [-0.05, 0) is 46.4 Å². The first-order valence-corrected chi connectivity index (χ1v) is 13.1. The Morgan fingerprint density at radius 3 is 2.59 bits per heavy atom. The smallest absolute Gasteiger partial charge is 0.339 e. The van der Waals surface area contributed by atoms with Crippen LogP contribution in [0.3, 0.4) is 0 Å². The molecule has 1 fully saturated rings. The first-order valence-electron chi connectivity index (χ1n) is 12.0. The molecule has 1 heterocycles. The number of esters is 1. The Kier molecular flexibility index (Phi) is 9.30. The Hall–Kier alpha value is -2.80. The fourth-order valence-corrected chi connectivity index (χ4v) is 5.06. The third kappa shape index (κ3) is 6.56. The largest absolute Gasteiger partial charge is 0.455 e. The molecule has 2 aromatic rings. The summed E-state index contributed by atoms with van der Waals surface area (Å²) >= 11 is 2.07. The Bertz CT molecular complexity index is 1160. The molecule has 0 spiro atoms. The molecule has 4 atom stereocenters. The zero-order valence-corrected chi connectivity index (χ0v) is 22.5. The normalized spacial score (nSPS) is 21.4. The number of amides is 2. The van der Waals surface area contributed by atoms with Gasteiger partial charge in [0.25, 0.3) is 0 Å². The third-order valence-corrected chi connectivity index (χ3v) is 7.34. The minimum absolute atomic E-state index is 0.0280. The molecule has 2 N–H and O–H groups in total. The highest BCUT2D eigenvalue weighted by Gasteiger charge is 2.43. The van der Waals surface area contributed by atoms with Crippen LogP contribution in [0.5, 0.6) is 0 Å². The van der Waals surface area contributed by atoms with E-state index in [0.717, 1.165) is 9.13 Å². The Morgan fingerprint density at radius 1 is 1.14 bits per heavy atom. The molecular formula is C27H29IN2O7. The summed E-state index contributed by atoms with van der Waals surface area (Å²) in [4.78, 5) is 40.9. The Morgan fingerprint density at radius 2 is 1.86 bits per heavy atom. The highest BCUT2D eigenvalue weighted by molar-refractivity contribution is 14.1. The maximum Gasteiger partial charge on any atom is 0.339 e. The SMILES string of the molecule is CN(C(=O)C1=CC2OCOC2C(OC(=O)c2ccccc2I)C1)C(Cc1ccccc1)C(=O)NCCO. The van der Waals surface area contributed by atoms with Crippen LogP contribution in [-0.4, -0.2) is 79.1 Å². The average Bonchev–Trinajstić information content (AvgIpc) is 3.39. The van der Waals surface area contributed by atoms with Crippen LogP contribution >= 0.6 is 22.6 Å². The van der Waals surface area contributed by atoms with Gasteiger partial charge in [-0.3, -0.25) is 9.59 Å². The number of hydrogen-bond acceptors (Lipinski definition) is 7. The van der Waals surface area contributed by atoms with Crippen LogP contribution in [0, 0.1) is 3.57 Å². The van der Waals surface area contributed by atoms with Crippen molar-refractivity contribution in [1.82, 2.24) is 10.2 Å². The Labute approximate surface area is 228 Å². The van der Waals surface area contributed by atoms with E-state index in [2.05, 4.69) is 27.9 Å². The molecule has 10 heteroatoms. The minimum atomic E-state index is -0.812. The summed E-state index contributed by atoms with van der Waals surface area (Å²) in [7, 11) is 1.57. The van der Waals surface area contributed by atoms with Crippen molar-refractivity contribution in [3.05, 3.63) is 80.9 Å². The molecule has 1 aliphatic heterocycles. The molecule has 2 aliphatic rings. The van der Waals surface area contributed by atoms with Crippen LogP contribution in [0.25, 0.3) is 0 Å². The molecule has 196 valence electrons. The lowest BCUT2D eigenvalue weighted by Gasteiger charge is -2.33. The summed E-state index contributed by atoms with van der Waals surface area (Å²) in [6.45, 7) is -0.0965. The van der Waals surface area contributed by atoms with E-state index in [1.165, 1.54) is 4.90 Å². The summed E-state index contributed by atoms with van der Waals surface area (Å²) in [6, 6.07) is 15.7. The molecule has 1 saturated heterocycles. The zero-order chi connectivity index (χ0) is 26.4. The van der Waals surface area contributed by atoms with E-state index in [-0.39, 0.29) is 38.2 Å². The molecule has 4 rings (SSSR count). The van der Waals surface area contributed by atoms with Crippen LogP contribution in [0.4, 0.5) is 0 Å². The van der Waals surface area contributed by atoms with Gasteiger partial charge in [-0.2, -0.15) is 0 Å². The first-order chi connectivity index (χ1) is 17.9. The molecule has 1 aliphatic carbocycles. The monoisotopic (exact) mass is 620 g/mol. The standard InChI is InChI=1S/C27H29IN2O7/c1-30(21(25(32)29-11-12-31)13-17-7-3-2-4-8-17)26(33)18-14-22-24(36-16-35-22)23(15-18)37-27(34)19-9-5-6-10-20(19)28/h2-10,14,21-24,31H,11-13,15-16H2,1H3,(H,29,32). The highest BCUT2D eigenvalue weighted by Crippen LogP contribution is 2.32. The van der Waals surface area contributed by atoms with Crippen molar-refractivity contribution in [2.75, 3.05) is 27.0 Å². The van der Waals surface area contributed by atoms with E-state index < -0.39 is 30.3 Å². The molecule has 4 unspecified atom stereocenters. The summed E-state index contributed by atoms with van der Waals surface area (Å²) in [5.41, 5.74) is 1.70. The number of fused-ring (bicyclic) bond motifs is 1. The lowest BCUT2D eigenvalue weighted by Crippen LogP contribution is -2.51. The number of carbonyl (C=O) groups excluding carboxylic acids is 3. The molecule has 0 radical (unpaired) electrons. The van der Waals surface area contributed by atoms with Gasteiger partial charge in [0, 0.05) is 35.6 Å². The van der Waals surface area contributed by atoms with E-state index in [0.29, 0.717) is 17.6 Å². The number of nitrogens with zero attached hydrogens (tertiary/aromatic N) is 1. The molecule has 0 aromatic heterocycles. The number of halogens is 1. The van der Waals surface area contributed by atoms with Crippen LogP contribution < -0.4 is 5.32 Å². The number of nitrogens with one attached hydrogen (secondary N) is 1. The molecule has 37 heavy (non-hydrogen) atoms. The quantitative estimate of drug-likeness (QED) is 0.326. The number of ether oxygens (including phenoxy) is 3. The number of carbonyl (C=O) groups is 3. The molecule has 9 nitrogen and oxygen atoms in total. The van der Waals surface area contributed by atoms with Gasteiger partial charge in [-0.15, -0.1) is 0 Å². The van der Waals surface area contributed by atoms with E-state index in [9.17, 15) is 14.4 Å². The second kappa shape index (κ2) is 12.6. The number of hydrogen-bond donors (Lipinski definition) is 2. The van der Waals surface area contributed by atoms with Crippen molar-refractivity contribution in [2.24, 2.45) is 0 Å². The van der Waals surface area contributed by atoms with E-state index in [1.54, 1.807) is 25.3 Å². The van der Waals surface area contributed by atoms with Gasteiger partial charge < -0.3 is 29.5 Å². The van der Waals surface area contributed by atoms with Crippen LogP contribution in [0.2, 0.25) is 0 Å². The summed E-state index contributed by atoms with van der Waals surface area (Å²) < 4.78 is 17.9. The molecule has 2 aromatic carbocycles. The number of benzene rings is 2.